The number of nitrogens with zero attached hydrogens (tertiary/aromatic N) is 1. The number of hydrogen-bond acceptors (Lipinski definition) is 7. The molecule has 47 heavy (non-hydrogen) atoms. The zero-order valence-electron chi connectivity index (χ0n) is 26.9. The molecule has 0 radical (unpaired) electrons. The molecule has 0 aromatic heterocycles. The second-order valence-electron chi connectivity index (χ2n) is 12.7. The van der Waals surface area contributed by atoms with Gasteiger partial charge in [-0.3, -0.25) is 4.79 Å². The van der Waals surface area contributed by atoms with E-state index in [0.717, 1.165) is 25.3 Å². The molecule has 12 heteroatoms. The molecule has 2 N–H and O–H groups in total. The van der Waals surface area contributed by atoms with E-state index in [1.54, 1.807) is 40.0 Å². The summed E-state index contributed by atoms with van der Waals surface area (Å²) < 4.78 is 61.0. The molecule has 2 atom stereocenters. The Bertz CT molecular complexity index is 1630. The number of rotatable bonds is 10. The Kier molecular flexibility index (Phi) is 10.3. The third kappa shape index (κ3) is 7.63. The van der Waals surface area contributed by atoms with Gasteiger partial charge in [0.25, 0.3) is 0 Å². The summed E-state index contributed by atoms with van der Waals surface area (Å²) >= 11 is 6.58. The van der Waals surface area contributed by atoms with Crippen molar-refractivity contribution >= 4 is 23.6 Å². The summed E-state index contributed by atoms with van der Waals surface area (Å²) in [4.78, 5) is 27.0. The van der Waals surface area contributed by atoms with Crippen molar-refractivity contribution in [3.05, 3.63) is 81.9 Å². The molecule has 2 heterocycles. The topological polar surface area (TPSA) is 110 Å². The molecule has 0 aliphatic carbocycles. The van der Waals surface area contributed by atoms with Gasteiger partial charge >= 0.3 is 6.09 Å². The fraction of sp³-hybridized carbons (Fsp3) is 0.429. The Morgan fingerprint density at radius 3 is 2.49 bits per heavy atom. The Balaban J connectivity index is 1.53. The maximum absolute atomic E-state index is 16.4. The second-order valence-corrected chi connectivity index (χ2v) is 13.1. The Morgan fingerprint density at radius 2 is 1.83 bits per heavy atom. The summed E-state index contributed by atoms with van der Waals surface area (Å²) in [5.41, 5.74) is 4.05. The number of ether oxygens (including phenoxy) is 5. The molecule has 9 nitrogen and oxygen atoms in total. The van der Waals surface area contributed by atoms with Crippen molar-refractivity contribution in [1.29, 1.82) is 0 Å². The van der Waals surface area contributed by atoms with E-state index in [-0.39, 0.29) is 60.7 Å². The molecule has 1 fully saturated rings. The number of carbonyl (C=O) groups excluding carboxylic acids is 2. The van der Waals surface area contributed by atoms with Crippen LogP contribution in [0, 0.1) is 11.6 Å². The van der Waals surface area contributed by atoms with Gasteiger partial charge in [0.1, 0.15) is 23.8 Å². The molecule has 252 valence electrons. The summed E-state index contributed by atoms with van der Waals surface area (Å²) in [5, 5.41) is -0.423. The van der Waals surface area contributed by atoms with Crippen LogP contribution in [-0.2, 0) is 26.2 Å². The summed E-state index contributed by atoms with van der Waals surface area (Å²) in [6.45, 7) is 5.98. The third-order valence-corrected chi connectivity index (χ3v) is 8.33. The first-order valence-electron chi connectivity index (χ1n) is 15.5. The number of nitrogens with two attached hydrogens (primary N) is 1. The van der Waals surface area contributed by atoms with Gasteiger partial charge in [0.15, 0.2) is 23.5 Å². The second kappa shape index (κ2) is 14.0. The fourth-order valence-electron chi connectivity index (χ4n) is 5.86. The number of hydrogen-bond donors (Lipinski definition) is 1. The number of likely N-dealkylation sites (N-methyl/N-ethyl adjacent to an activating group) is 1. The normalized spacial score (nSPS) is 19.1. The van der Waals surface area contributed by atoms with Crippen LogP contribution in [0.15, 0.2) is 48.5 Å². The maximum Gasteiger partial charge on any atom is 0.410 e. The van der Waals surface area contributed by atoms with Gasteiger partial charge in [0.2, 0.25) is 5.91 Å². The predicted molar refractivity (Wildman–Crippen MR) is 172 cm³/mol. The zero-order valence-corrected chi connectivity index (χ0v) is 27.6. The van der Waals surface area contributed by atoms with Gasteiger partial charge < -0.3 is 34.3 Å². The molecule has 0 saturated carbocycles. The lowest BCUT2D eigenvalue weighted by molar-refractivity contribution is -0.165. The average Bonchev–Trinajstić information content (AvgIpc) is 3.39. The van der Waals surface area contributed by atoms with Crippen LogP contribution in [0.25, 0.3) is 11.1 Å². The predicted octanol–water partition coefficient (Wildman–Crippen LogP) is 7.00. The Hall–Kier alpha value is -3.93. The largest absolute Gasteiger partial charge is 0.488 e. The van der Waals surface area contributed by atoms with E-state index in [2.05, 4.69) is 0 Å². The minimum atomic E-state index is -1.25. The van der Waals surface area contributed by atoms with Crippen LogP contribution in [0.5, 0.6) is 11.5 Å². The van der Waals surface area contributed by atoms with Gasteiger partial charge in [-0.2, -0.15) is 0 Å². The molecule has 0 bridgehead atoms. The lowest BCUT2D eigenvalue weighted by atomic mass is 9.85. The first-order valence-corrected chi connectivity index (χ1v) is 15.9. The standard InChI is InChI=1S/C35H39ClF2N2O7/c1-34(2,3)47-33(42)40(4)20-35(21-10-6-5-7-11-21)19-23-26(46-35)18-24(37)30(36)28(23)29-22(32(39)41)13-14-25(31(29)38)43-16-17-45-27-12-8-9-15-44-27/h5-7,10-11,13-14,18,27H,8-9,12,15-17,19-20H2,1-4H3,(H2,39,41). The van der Waals surface area contributed by atoms with Crippen LogP contribution < -0.4 is 15.2 Å². The van der Waals surface area contributed by atoms with Crippen molar-refractivity contribution in [2.75, 3.05) is 33.4 Å². The van der Waals surface area contributed by atoms with E-state index >= 15 is 8.78 Å². The van der Waals surface area contributed by atoms with Crippen molar-refractivity contribution in [2.45, 2.75) is 63.9 Å². The van der Waals surface area contributed by atoms with Gasteiger partial charge in [-0.15, -0.1) is 0 Å². The maximum atomic E-state index is 16.4. The molecule has 2 aliphatic heterocycles. The smallest absolute Gasteiger partial charge is 0.410 e. The van der Waals surface area contributed by atoms with Gasteiger partial charge in [-0.05, 0) is 57.7 Å². The minimum absolute atomic E-state index is 0.0155. The van der Waals surface area contributed by atoms with Crippen LogP contribution >= 0.6 is 11.6 Å². The number of amides is 2. The van der Waals surface area contributed by atoms with Gasteiger partial charge in [0.05, 0.1) is 23.7 Å². The van der Waals surface area contributed by atoms with E-state index in [1.165, 1.54) is 17.0 Å². The Labute approximate surface area is 277 Å². The quantitative estimate of drug-likeness (QED) is 0.231. The monoisotopic (exact) mass is 672 g/mol. The zero-order chi connectivity index (χ0) is 33.9. The van der Waals surface area contributed by atoms with Crippen LogP contribution in [0.2, 0.25) is 5.02 Å². The van der Waals surface area contributed by atoms with E-state index in [0.29, 0.717) is 17.7 Å². The highest BCUT2D eigenvalue weighted by molar-refractivity contribution is 6.34. The first-order chi connectivity index (χ1) is 22.3. The number of halogens is 3. The molecule has 3 aromatic rings. The van der Waals surface area contributed by atoms with Crippen LogP contribution in [-0.4, -0.2) is 62.2 Å². The summed E-state index contributed by atoms with van der Waals surface area (Å²) in [6, 6.07) is 12.8. The molecular formula is C35H39ClF2N2O7. The molecule has 3 aromatic carbocycles. The highest BCUT2D eigenvalue weighted by Gasteiger charge is 2.46. The van der Waals surface area contributed by atoms with Crippen molar-refractivity contribution < 1.29 is 42.1 Å². The van der Waals surface area contributed by atoms with E-state index < -0.39 is 39.9 Å². The van der Waals surface area contributed by atoms with Crippen molar-refractivity contribution in [1.82, 2.24) is 4.90 Å². The van der Waals surface area contributed by atoms with Crippen LogP contribution in [0.4, 0.5) is 13.6 Å². The van der Waals surface area contributed by atoms with E-state index in [4.69, 9.17) is 41.0 Å². The molecule has 0 spiro atoms. The van der Waals surface area contributed by atoms with Gasteiger partial charge in [-0.25, -0.2) is 13.6 Å². The molecule has 5 rings (SSSR count). The van der Waals surface area contributed by atoms with Gasteiger partial charge in [-0.1, -0.05) is 41.9 Å². The van der Waals surface area contributed by atoms with Crippen molar-refractivity contribution in [3.8, 4) is 22.6 Å². The fourth-order valence-corrected chi connectivity index (χ4v) is 6.12. The summed E-state index contributed by atoms with van der Waals surface area (Å²) in [5.74, 6) is -2.93. The third-order valence-electron chi connectivity index (χ3n) is 7.96. The van der Waals surface area contributed by atoms with E-state index in [1.807, 2.05) is 18.2 Å². The first kappa shape index (κ1) is 34.4. The number of fused-ring (bicyclic) bond motifs is 1. The van der Waals surface area contributed by atoms with Crippen molar-refractivity contribution in [3.63, 3.8) is 0 Å². The minimum Gasteiger partial charge on any atom is -0.488 e. The summed E-state index contributed by atoms with van der Waals surface area (Å²) in [7, 11) is 1.56. The van der Waals surface area contributed by atoms with E-state index in [9.17, 15) is 9.59 Å². The molecule has 1 saturated heterocycles. The SMILES string of the molecule is CN(CC1(c2ccccc2)Cc2c(cc(F)c(Cl)c2-c2c(C(N)=O)ccc(OCCOC3CCCCO3)c2F)O1)C(=O)OC(C)(C)C. The average molecular weight is 673 g/mol. The molecular weight excluding hydrogens is 634 g/mol. The summed E-state index contributed by atoms with van der Waals surface area (Å²) in [6.07, 6.45) is 1.81. The number of primary amides is 1. The lowest BCUT2D eigenvalue weighted by Gasteiger charge is -2.34. The Morgan fingerprint density at radius 1 is 1.09 bits per heavy atom. The highest BCUT2D eigenvalue weighted by Crippen LogP contribution is 2.51. The highest BCUT2D eigenvalue weighted by atomic mass is 35.5. The van der Waals surface area contributed by atoms with Crippen LogP contribution in [0.1, 0.15) is 61.5 Å². The van der Waals surface area contributed by atoms with Crippen molar-refractivity contribution in [2.24, 2.45) is 5.73 Å². The molecule has 2 amide bonds. The number of carbonyl (C=O) groups is 2. The lowest BCUT2D eigenvalue weighted by Crippen LogP contribution is -2.46. The van der Waals surface area contributed by atoms with Crippen LogP contribution in [0.3, 0.4) is 0 Å². The molecule has 2 unspecified atom stereocenters. The number of benzene rings is 3. The molecule has 2 aliphatic rings. The van der Waals surface area contributed by atoms with Gasteiger partial charge in [0, 0.05) is 42.8 Å².